The van der Waals surface area contributed by atoms with Crippen molar-refractivity contribution in [2.24, 2.45) is 7.05 Å². The molecular weight excluding hydrogens is 278 g/mol. The molecule has 0 saturated carbocycles. The maximum atomic E-state index is 12.3. The normalized spacial score (nSPS) is 10.5. The average Bonchev–Trinajstić information content (AvgIpc) is 2.94. The third kappa shape index (κ3) is 2.71. The lowest BCUT2D eigenvalue weighted by Gasteiger charge is -2.08. The molecule has 1 N–H and O–H groups in total. The predicted molar refractivity (Wildman–Crippen MR) is 83.4 cm³/mol. The highest BCUT2D eigenvalue weighted by Crippen LogP contribution is 2.19. The van der Waals surface area contributed by atoms with Crippen molar-refractivity contribution >= 4 is 11.6 Å². The van der Waals surface area contributed by atoms with E-state index in [-0.39, 0.29) is 5.91 Å². The maximum absolute atomic E-state index is 12.3. The molecule has 0 fully saturated rings. The third-order valence-corrected chi connectivity index (χ3v) is 3.41. The molecule has 3 aromatic rings. The van der Waals surface area contributed by atoms with Crippen molar-refractivity contribution in [3.05, 3.63) is 59.7 Å². The monoisotopic (exact) mass is 293 g/mol. The van der Waals surface area contributed by atoms with Gasteiger partial charge in [0, 0.05) is 23.9 Å². The number of carbonyl (C=O) groups excluding carboxylic acids is 1. The molecule has 22 heavy (non-hydrogen) atoms. The summed E-state index contributed by atoms with van der Waals surface area (Å²) in [6.45, 7) is 1.92. The van der Waals surface area contributed by atoms with E-state index in [2.05, 4.69) is 20.8 Å². The minimum absolute atomic E-state index is 0.119. The Balaban J connectivity index is 1.78. The first-order valence-electron chi connectivity index (χ1n) is 6.85. The number of aryl methyl sites for hydroxylation is 2. The number of tetrazole rings is 1. The Kier molecular flexibility index (Phi) is 3.65. The van der Waals surface area contributed by atoms with E-state index in [9.17, 15) is 4.79 Å². The van der Waals surface area contributed by atoms with Crippen LogP contribution in [0.2, 0.25) is 0 Å². The van der Waals surface area contributed by atoms with E-state index in [1.807, 2.05) is 55.5 Å². The lowest BCUT2D eigenvalue weighted by Crippen LogP contribution is -2.13. The summed E-state index contributed by atoms with van der Waals surface area (Å²) >= 11 is 0. The molecule has 0 radical (unpaired) electrons. The van der Waals surface area contributed by atoms with E-state index in [0.717, 1.165) is 16.8 Å². The van der Waals surface area contributed by atoms with E-state index in [0.29, 0.717) is 11.4 Å². The maximum Gasteiger partial charge on any atom is 0.255 e. The highest BCUT2D eigenvalue weighted by Gasteiger charge is 2.09. The smallest absolute Gasteiger partial charge is 0.255 e. The Hall–Kier alpha value is -3.02. The number of hydrogen-bond donors (Lipinski definition) is 1. The fraction of sp³-hybridized carbons (Fsp3) is 0.125. The molecule has 6 nitrogen and oxygen atoms in total. The van der Waals surface area contributed by atoms with Crippen LogP contribution in [0.3, 0.4) is 0 Å². The quantitative estimate of drug-likeness (QED) is 0.805. The van der Waals surface area contributed by atoms with Gasteiger partial charge in [-0.15, -0.1) is 5.10 Å². The zero-order valence-corrected chi connectivity index (χ0v) is 12.3. The van der Waals surface area contributed by atoms with Crippen molar-refractivity contribution < 1.29 is 4.79 Å². The third-order valence-electron chi connectivity index (χ3n) is 3.41. The van der Waals surface area contributed by atoms with Crippen LogP contribution in [0, 0.1) is 6.92 Å². The molecule has 1 heterocycles. The molecule has 0 saturated heterocycles. The van der Waals surface area contributed by atoms with Gasteiger partial charge >= 0.3 is 0 Å². The lowest BCUT2D eigenvalue weighted by molar-refractivity contribution is 0.102. The SMILES string of the molecule is Cc1ccccc1C(=O)Nc1ccc(-c2nnnn2C)cc1. The summed E-state index contributed by atoms with van der Waals surface area (Å²) in [5.41, 5.74) is 3.24. The van der Waals surface area contributed by atoms with E-state index >= 15 is 0 Å². The predicted octanol–water partition coefficient (Wildman–Crippen LogP) is 2.44. The summed E-state index contributed by atoms with van der Waals surface area (Å²) in [4.78, 5) is 12.3. The first kappa shape index (κ1) is 13.9. The molecule has 6 heteroatoms. The number of aromatic nitrogens is 4. The minimum Gasteiger partial charge on any atom is -0.322 e. The summed E-state index contributed by atoms with van der Waals surface area (Å²) in [6, 6.07) is 14.9. The first-order chi connectivity index (χ1) is 10.6. The molecule has 2 aromatic carbocycles. The van der Waals surface area contributed by atoms with Crippen molar-refractivity contribution in [2.45, 2.75) is 6.92 Å². The van der Waals surface area contributed by atoms with Gasteiger partial charge in [-0.25, -0.2) is 4.68 Å². The Morgan fingerprint density at radius 2 is 1.82 bits per heavy atom. The summed E-state index contributed by atoms with van der Waals surface area (Å²) < 4.78 is 1.60. The van der Waals surface area contributed by atoms with Crippen LogP contribution in [-0.2, 0) is 7.05 Å². The second-order valence-electron chi connectivity index (χ2n) is 4.97. The fourth-order valence-corrected chi connectivity index (χ4v) is 2.20. The molecule has 0 aliphatic rings. The topological polar surface area (TPSA) is 72.7 Å². The van der Waals surface area contributed by atoms with E-state index in [1.54, 1.807) is 11.7 Å². The molecule has 0 unspecified atom stereocenters. The molecule has 1 amide bonds. The van der Waals surface area contributed by atoms with Crippen molar-refractivity contribution in [3.63, 3.8) is 0 Å². The van der Waals surface area contributed by atoms with Gasteiger partial charge in [0.15, 0.2) is 5.82 Å². The second kappa shape index (κ2) is 5.77. The van der Waals surface area contributed by atoms with Gasteiger partial charge in [0.05, 0.1) is 0 Å². The van der Waals surface area contributed by atoms with E-state index in [1.165, 1.54) is 0 Å². The molecule has 0 aliphatic heterocycles. The Bertz CT molecular complexity index is 807. The summed E-state index contributed by atoms with van der Waals surface area (Å²) in [5, 5.41) is 14.2. The Morgan fingerprint density at radius 3 is 2.45 bits per heavy atom. The van der Waals surface area contributed by atoms with Crippen LogP contribution in [0.1, 0.15) is 15.9 Å². The van der Waals surface area contributed by atoms with Crippen molar-refractivity contribution in [2.75, 3.05) is 5.32 Å². The van der Waals surface area contributed by atoms with Crippen LogP contribution in [0.25, 0.3) is 11.4 Å². The summed E-state index contributed by atoms with van der Waals surface area (Å²) in [7, 11) is 1.78. The van der Waals surface area contributed by atoms with E-state index in [4.69, 9.17) is 0 Å². The average molecular weight is 293 g/mol. The van der Waals surface area contributed by atoms with Crippen LogP contribution < -0.4 is 5.32 Å². The van der Waals surface area contributed by atoms with Gasteiger partial charge in [0.1, 0.15) is 0 Å². The Labute approximate surface area is 127 Å². The summed E-state index contributed by atoms with van der Waals surface area (Å²) in [5.74, 6) is 0.558. The Morgan fingerprint density at radius 1 is 1.09 bits per heavy atom. The molecule has 0 aliphatic carbocycles. The van der Waals surface area contributed by atoms with Gasteiger partial charge in [-0.1, -0.05) is 18.2 Å². The van der Waals surface area contributed by atoms with Crippen molar-refractivity contribution in [3.8, 4) is 11.4 Å². The van der Waals surface area contributed by atoms with Crippen molar-refractivity contribution in [1.29, 1.82) is 0 Å². The zero-order valence-electron chi connectivity index (χ0n) is 12.3. The largest absolute Gasteiger partial charge is 0.322 e. The molecule has 0 spiro atoms. The summed E-state index contributed by atoms with van der Waals surface area (Å²) in [6.07, 6.45) is 0. The fourth-order valence-electron chi connectivity index (χ4n) is 2.20. The molecule has 0 atom stereocenters. The number of hydrogen-bond acceptors (Lipinski definition) is 4. The number of amides is 1. The highest BCUT2D eigenvalue weighted by atomic mass is 16.1. The van der Waals surface area contributed by atoms with Crippen LogP contribution >= 0.6 is 0 Å². The number of nitrogens with zero attached hydrogens (tertiary/aromatic N) is 4. The molecule has 110 valence electrons. The zero-order chi connectivity index (χ0) is 15.5. The molecule has 1 aromatic heterocycles. The van der Waals surface area contributed by atoms with Gasteiger partial charge in [0.2, 0.25) is 0 Å². The van der Waals surface area contributed by atoms with Gasteiger partial charge in [-0.3, -0.25) is 4.79 Å². The number of anilines is 1. The van der Waals surface area contributed by atoms with Gasteiger partial charge < -0.3 is 5.32 Å². The number of nitrogens with one attached hydrogen (secondary N) is 1. The lowest BCUT2D eigenvalue weighted by atomic mass is 10.1. The number of benzene rings is 2. The highest BCUT2D eigenvalue weighted by molar-refractivity contribution is 6.05. The van der Waals surface area contributed by atoms with Gasteiger partial charge in [-0.05, 0) is 53.2 Å². The van der Waals surface area contributed by atoms with Crippen LogP contribution in [0.4, 0.5) is 5.69 Å². The number of carbonyl (C=O) groups is 1. The van der Waals surface area contributed by atoms with Crippen LogP contribution in [-0.4, -0.2) is 26.1 Å². The minimum atomic E-state index is -0.119. The van der Waals surface area contributed by atoms with Crippen LogP contribution in [0.15, 0.2) is 48.5 Å². The van der Waals surface area contributed by atoms with Crippen LogP contribution in [0.5, 0.6) is 0 Å². The van der Waals surface area contributed by atoms with Crippen molar-refractivity contribution in [1.82, 2.24) is 20.2 Å². The molecule has 0 bridgehead atoms. The molecular formula is C16H15N5O. The first-order valence-corrected chi connectivity index (χ1v) is 6.85. The van der Waals surface area contributed by atoms with Gasteiger partial charge in [-0.2, -0.15) is 0 Å². The van der Waals surface area contributed by atoms with E-state index < -0.39 is 0 Å². The second-order valence-corrected chi connectivity index (χ2v) is 4.97. The number of rotatable bonds is 3. The standard InChI is InChI=1S/C16H15N5O/c1-11-5-3-4-6-14(11)16(22)17-13-9-7-12(8-10-13)15-18-19-20-21(15)2/h3-10H,1-2H3,(H,17,22). The molecule has 3 rings (SSSR count). The van der Waals surface area contributed by atoms with Gasteiger partial charge in [0.25, 0.3) is 5.91 Å².